The van der Waals surface area contributed by atoms with Gasteiger partial charge in [0.2, 0.25) is 0 Å². The molecule has 2 fully saturated rings. The zero-order valence-electron chi connectivity index (χ0n) is 19.5. The topological polar surface area (TPSA) is 0 Å². The summed E-state index contributed by atoms with van der Waals surface area (Å²) in [6.07, 6.45) is 19.1. The van der Waals surface area contributed by atoms with Crippen molar-refractivity contribution in [3.8, 4) is 0 Å². The first-order valence-corrected chi connectivity index (χ1v) is 13.1. The lowest BCUT2D eigenvalue weighted by atomic mass is 9.77. The van der Waals surface area contributed by atoms with Crippen molar-refractivity contribution < 1.29 is 8.78 Å². The van der Waals surface area contributed by atoms with Crippen molar-refractivity contribution in [3.63, 3.8) is 0 Å². The van der Waals surface area contributed by atoms with Crippen LogP contribution in [0.3, 0.4) is 0 Å². The van der Waals surface area contributed by atoms with Gasteiger partial charge in [-0.2, -0.15) is 0 Å². The molecule has 0 spiro atoms. The zero-order valence-corrected chi connectivity index (χ0v) is 19.5. The fourth-order valence-electron chi connectivity index (χ4n) is 6.17. The first-order valence-electron chi connectivity index (χ1n) is 13.1. The van der Waals surface area contributed by atoms with E-state index in [1.807, 2.05) is 12.1 Å². The molecular formula is C28H44F2. The average Bonchev–Trinajstić information content (AvgIpc) is 2.76. The lowest BCUT2D eigenvalue weighted by Crippen LogP contribution is -2.16. The van der Waals surface area contributed by atoms with Gasteiger partial charge in [0.25, 0.3) is 0 Å². The molecule has 0 N–H and O–H groups in total. The third kappa shape index (κ3) is 6.79. The average molecular weight is 419 g/mol. The van der Waals surface area contributed by atoms with E-state index in [1.165, 1.54) is 77.0 Å². The van der Waals surface area contributed by atoms with E-state index in [2.05, 4.69) is 13.8 Å². The van der Waals surface area contributed by atoms with Crippen LogP contribution in [-0.4, -0.2) is 0 Å². The molecule has 0 aromatic heterocycles. The molecule has 1 aromatic carbocycles. The molecular weight excluding hydrogens is 374 g/mol. The number of benzene rings is 1. The normalized spacial score (nSPS) is 27.3. The van der Waals surface area contributed by atoms with E-state index in [0.29, 0.717) is 35.8 Å². The Kier molecular flexibility index (Phi) is 9.65. The Bertz CT molecular complexity index is 567. The van der Waals surface area contributed by atoms with Crippen molar-refractivity contribution in [3.05, 3.63) is 34.9 Å². The molecule has 30 heavy (non-hydrogen) atoms. The van der Waals surface area contributed by atoms with Gasteiger partial charge in [-0.05, 0) is 60.5 Å². The minimum absolute atomic E-state index is 0.571. The number of halogens is 2. The van der Waals surface area contributed by atoms with Crippen LogP contribution in [0.2, 0.25) is 0 Å². The Hall–Kier alpha value is -0.920. The summed E-state index contributed by atoms with van der Waals surface area (Å²) in [5.41, 5.74) is 1.18. The van der Waals surface area contributed by atoms with Crippen LogP contribution in [0.5, 0.6) is 0 Å². The lowest BCUT2D eigenvalue weighted by molar-refractivity contribution is 0.251. The summed E-state index contributed by atoms with van der Waals surface area (Å²) in [6.45, 7) is 4.54. The van der Waals surface area contributed by atoms with Crippen molar-refractivity contribution in [2.75, 3.05) is 0 Å². The van der Waals surface area contributed by atoms with Crippen molar-refractivity contribution >= 4 is 0 Å². The summed E-state index contributed by atoms with van der Waals surface area (Å²) in [7, 11) is 0. The highest BCUT2D eigenvalue weighted by Crippen LogP contribution is 2.35. The SMILES string of the molecule is CCC[C@H]1CC[C@H](CCc2ccc(CC[C@H]3CC[C@H](CCC)CC3)c(F)c2F)CC1. The van der Waals surface area contributed by atoms with E-state index in [4.69, 9.17) is 0 Å². The third-order valence-electron chi connectivity index (χ3n) is 8.21. The van der Waals surface area contributed by atoms with Crippen LogP contribution >= 0.6 is 0 Å². The number of aryl methyl sites for hydroxylation is 2. The Balaban J connectivity index is 1.44. The summed E-state index contributed by atoms with van der Waals surface area (Å²) in [6, 6.07) is 3.74. The summed E-state index contributed by atoms with van der Waals surface area (Å²) >= 11 is 0. The molecule has 2 aliphatic rings. The highest BCUT2D eigenvalue weighted by atomic mass is 19.2. The van der Waals surface area contributed by atoms with E-state index in [9.17, 15) is 8.78 Å². The van der Waals surface area contributed by atoms with E-state index in [0.717, 1.165) is 24.7 Å². The highest BCUT2D eigenvalue weighted by molar-refractivity contribution is 5.27. The first-order chi connectivity index (χ1) is 14.6. The zero-order chi connectivity index (χ0) is 21.3. The summed E-state index contributed by atoms with van der Waals surface area (Å²) in [5, 5.41) is 0. The van der Waals surface area contributed by atoms with Crippen LogP contribution in [0.1, 0.15) is 115 Å². The summed E-state index contributed by atoms with van der Waals surface area (Å²) in [5.74, 6) is 2.06. The molecule has 0 radical (unpaired) electrons. The van der Waals surface area contributed by atoms with Gasteiger partial charge in [-0.25, -0.2) is 8.78 Å². The summed E-state index contributed by atoms with van der Waals surface area (Å²) in [4.78, 5) is 0. The minimum atomic E-state index is -0.571. The number of hydrogen-bond donors (Lipinski definition) is 0. The van der Waals surface area contributed by atoms with Crippen molar-refractivity contribution in [1.82, 2.24) is 0 Å². The monoisotopic (exact) mass is 418 g/mol. The lowest BCUT2D eigenvalue weighted by Gasteiger charge is -2.28. The fraction of sp³-hybridized carbons (Fsp3) is 0.786. The van der Waals surface area contributed by atoms with Gasteiger partial charge in [0.15, 0.2) is 11.6 Å². The second-order valence-corrected chi connectivity index (χ2v) is 10.4. The predicted octanol–water partition coefficient (Wildman–Crippen LogP) is 9.04. The number of rotatable bonds is 10. The van der Waals surface area contributed by atoms with Gasteiger partial charge >= 0.3 is 0 Å². The molecule has 2 aliphatic carbocycles. The molecule has 0 aliphatic heterocycles. The molecule has 0 saturated heterocycles. The van der Waals surface area contributed by atoms with Crippen LogP contribution in [0, 0.1) is 35.3 Å². The van der Waals surface area contributed by atoms with Gasteiger partial charge in [-0.1, -0.05) is 103 Å². The van der Waals surface area contributed by atoms with Gasteiger partial charge in [0, 0.05) is 0 Å². The molecule has 2 heteroatoms. The summed E-state index contributed by atoms with van der Waals surface area (Å²) < 4.78 is 29.4. The van der Waals surface area contributed by atoms with Crippen molar-refractivity contribution in [2.24, 2.45) is 23.7 Å². The fourth-order valence-corrected chi connectivity index (χ4v) is 6.17. The molecule has 0 nitrogen and oxygen atoms in total. The van der Waals surface area contributed by atoms with Gasteiger partial charge in [0.05, 0.1) is 0 Å². The highest BCUT2D eigenvalue weighted by Gasteiger charge is 2.23. The molecule has 0 bridgehead atoms. The van der Waals surface area contributed by atoms with Crippen LogP contribution in [0.4, 0.5) is 8.78 Å². The number of hydrogen-bond acceptors (Lipinski definition) is 0. The molecule has 2 saturated carbocycles. The van der Waals surface area contributed by atoms with Gasteiger partial charge < -0.3 is 0 Å². The quantitative estimate of drug-likeness (QED) is 0.355. The molecule has 0 amide bonds. The van der Waals surface area contributed by atoms with Crippen LogP contribution in [0.15, 0.2) is 12.1 Å². The van der Waals surface area contributed by atoms with E-state index < -0.39 is 11.6 Å². The maximum Gasteiger partial charge on any atom is 0.162 e. The van der Waals surface area contributed by atoms with Gasteiger partial charge in [-0.15, -0.1) is 0 Å². The maximum absolute atomic E-state index is 14.7. The molecule has 3 rings (SSSR count). The first kappa shape index (κ1) is 23.7. The molecule has 0 unspecified atom stereocenters. The second-order valence-electron chi connectivity index (χ2n) is 10.4. The Morgan fingerprint density at radius 1 is 0.567 bits per heavy atom. The third-order valence-corrected chi connectivity index (χ3v) is 8.21. The Morgan fingerprint density at radius 2 is 0.867 bits per heavy atom. The van der Waals surface area contributed by atoms with Crippen molar-refractivity contribution in [2.45, 2.75) is 117 Å². The Morgan fingerprint density at radius 3 is 1.17 bits per heavy atom. The Labute approximate surface area is 184 Å². The van der Waals surface area contributed by atoms with Crippen molar-refractivity contribution in [1.29, 1.82) is 0 Å². The van der Waals surface area contributed by atoms with Crippen LogP contribution < -0.4 is 0 Å². The molecule has 170 valence electrons. The smallest absolute Gasteiger partial charge is 0.162 e. The van der Waals surface area contributed by atoms with Crippen LogP contribution in [0.25, 0.3) is 0 Å². The van der Waals surface area contributed by atoms with Crippen LogP contribution in [-0.2, 0) is 12.8 Å². The van der Waals surface area contributed by atoms with E-state index >= 15 is 0 Å². The minimum Gasteiger partial charge on any atom is -0.203 e. The van der Waals surface area contributed by atoms with E-state index in [-0.39, 0.29) is 0 Å². The predicted molar refractivity (Wildman–Crippen MR) is 124 cm³/mol. The molecule has 0 heterocycles. The van der Waals surface area contributed by atoms with Gasteiger partial charge in [-0.3, -0.25) is 0 Å². The standard InChI is InChI=1S/C28H44F2/c1-3-5-21-7-11-23(12-8-21)15-17-25-19-20-26(28(30)27(25)29)18-16-24-13-9-22(6-4-2)10-14-24/h19-24H,3-18H2,1-2H3/t21-,22-,23-,24-. The van der Waals surface area contributed by atoms with E-state index in [1.54, 1.807) is 0 Å². The van der Waals surface area contributed by atoms with Gasteiger partial charge in [0.1, 0.15) is 0 Å². The molecule has 0 atom stereocenters. The second kappa shape index (κ2) is 12.2. The molecule has 1 aromatic rings. The maximum atomic E-state index is 14.7. The largest absolute Gasteiger partial charge is 0.203 e.